The van der Waals surface area contributed by atoms with Gasteiger partial charge >= 0.3 is 0 Å². The van der Waals surface area contributed by atoms with E-state index in [4.69, 9.17) is 18.6 Å². The number of benzene rings is 2. The fraction of sp³-hybridized carbons (Fsp3) is 0.367. The fourth-order valence-electron chi connectivity index (χ4n) is 4.67. The molecule has 2 aromatic carbocycles. The summed E-state index contributed by atoms with van der Waals surface area (Å²) in [6.45, 7) is 5.04. The van der Waals surface area contributed by atoms with Crippen molar-refractivity contribution in [3.8, 4) is 28.4 Å². The maximum absolute atomic E-state index is 12.7. The van der Waals surface area contributed by atoms with Crippen LogP contribution >= 0.6 is 0 Å². The molecule has 0 radical (unpaired) electrons. The third kappa shape index (κ3) is 5.76. The summed E-state index contributed by atoms with van der Waals surface area (Å²) in [6, 6.07) is 9.70. The fourth-order valence-corrected chi connectivity index (χ4v) is 4.67. The van der Waals surface area contributed by atoms with Crippen LogP contribution in [0, 0.1) is 0 Å². The Bertz CT molecular complexity index is 1280. The van der Waals surface area contributed by atoms with Gasteiger partial charge in [-0.2, -0.15) is 0 Å². The van der Waals surface area contributed by atoms with E-state index in [0.717, 1.165) is 46.9 Å². The van der Waals surface area contributed by atoms with E-state index in [1.807, 2.05) is 44.2 Å². The predicted molar refractivity (Wildman–Crippen MR) is 144 cm³/mol. The van der Waals surface area contributed by atoms with Gasteiger partial charge < -0.3 is 23.9 Å². The second-order valence-corrected chi connectivity index (χ2v) is 8.97. The number of carbonyl (C=O) groups excluding carboxylic acids is 1. The first-order chi connectivity index (χ1) is 17.5. The van der Waals surface area contributed by atoms with Gasteiger partial charge in [0.1, 0.15) is 11.3 Å². The Hall–Kier alpha value is -3.67. The number of methoxy groups -OCH3 is 2. The Balaban J connectivity index is 1.61. The minimum Gasteiger partial charge on any atom is -0.493 e. The molecule has 190 valence electrons. The van der Waals surface area contributed by atoms with E-state index in [2.05, 4.69) is 11.4 Å². The van der Waals surface area contributed by atoms with Gasteiger partial charge in [-0.25, -0.2) is 0 Å². The molecule has 1 heterocycles. The number of carbonyl (C=O) groups is 1. The Labute approximate surface area is 212 Å². The number of furan rings is 1. The molecule has 0 atom stereocenters. The monoisotopic (exact) mass is 489 g/mol. The van der Waals surface area contributed by atoms with Gasteiger partial charge in [-0.05, 0) is 75.3 Å². The third-order valence-corrected chi connectivity index (χ3v) is 6.57. The van der Waals surface area contributed by atoms with Gasteiger partial charge in [0, 0.05) is 35.2 Å². The van der Waals surface area contributed by atoms with Crippen molar-refractivity contribution in [1.82, 2.24) is 5.32 Å². The first-order valence-corrected chi connectivity index (χ1v) is 12.6. The van der Waals surface area contributed by atoms with Crippen LogP contribution in [0.4, 0.5) is 0 Å². The van der Waals surface area contributed by atoms with E-state index in [1.54, 1.807) is 26.6 Å². The van der Waals surface area contributed by atoms with Crippen molar-refractivity contribution in [3.63, 3.8) is 0 Å². The van der Waals surface area contributed by atoms with E-state index in [1.165, 1.54) is 18.4 Å². The number of nitrogens with one attached hydrogen (secondary N) is 1. The number of hydrogen-bond acceptors (Lipinski definition) is 5. The van der Waals surface area contributed by atoms with E-state index < -0.39 is 0 Å². The summed E-state index contributed by atoms with van der Waals surface area (Å²) >= 11 is 0. The molecule has 6 nitrogen and oxygen atoms in total. The van der Waals surface area contributed by atoms with Crippen LogP contribution in [-0.4, -0.2) is 33.3 Å². The van der Waals surface area contributed by atoms with Gasteiger partial charge in [-0.1, -0.05) is 17.7 Å². The zero-order chi connectivity index (χ0) is 25.5. The van der Waals surface area contributed by atoms with Crippen molar-refractivity contribution in [3.05, 3.63) is 59.9 Å². The second kappa shape index (κ2) is 11.8. The molecular weight excluding hydrogens is 454 g/mol. The van der Waals surface area contributed by atoms with E-state index in [9.17, 15) is 4.79 Å². The van der Waals surface area contributed by atoms with Gasteiger partial charge in [-0.15, -0.1) is 0 Å². The highest BCUT2D eigenvalue weighted by Crippen LogP contribution is 2.40. The highest BCUT2D eigenvalue weighted by molar-refractivity contribution is 6.00. The summed E-state index contributed by atoms with van der Waals surface area (Å²) in [4.78, 5) is 12.7. The first kappa shape index (κ1) is 25.4. The smallest absolute Gasteiger partial charge is 0.244 e. The quantitative estimate of drug-likeness (QED) is 0.247. The molecule has 0 fully saturated rings. The molecule has 0 saturated heterocycles. The van der Waals surface area contributed by atoms with Crippen LogP contribution in [0.2, 0.25) is 0 Å². The van der Waals surface area contributed by atoms with Crippen molar-refractivity contribution < 1.29 is 23.4 Å². The SMILES string of the molecule is CCOc1cc2occ(-c3ccc(OC)c(OC)c3)c2cc1/C(C)=C/C(=O)NCCC1=CCCCC1. The lowest BCUT2D eigenvalue weighted by atomic mass is 9.97. The maximum Gasteiger partial charge on any atom is 0.244 e. The van der Waals surface area contributed by atoms with Gasteiger partial charge in [0.25, 0.3) is 0 Å². The Morgan fingerprint density at radius 1 is 1.08 bits per heavy atom. The van der Waals surface area contributed by atoms with Crippen molar-refractivity contribution >= 4 is 22.4 Å². The van der Waals surface area contributed by atoms with Gasteiger partial charge in [0.2, 0.25) is 5.91 Å². The lowest BCUT2D eigenvalue weighted by Gasteiger charge is -2.13. The van der Waals surface area contributed by atoms with Gasteiger partial charge in [0.15, 0.2) is 11.5 Å². The Morgan fingerprint density at radius 3 is 2.64 bits per heavy atom. The minimum atomic E-state index is -0.0984. The van der Waals surface area contributed by atoms with E-state index >= 15 is 0 Å². The van der Waals surface area contributed by atoms with Crippen LogP contribution < -0.4 is 19.5 Å². The molecule has 0 bridgehead atoms. The average Bonchev–Trinajstić information content (AvgIpc) is 3.31. The lowest BCUT2D eigenvalue weighted by Crippen LogP contribution is -2.23. The van der Waals surface area contributed by atoms with Crippen LogP contribution in [-0.2, 0) is 4.79 Å². The van der Waals surface area contributed by atoms with E-state index in [0.29, 0.717) is 36.0 Å². The number of rotatable bonds is 10. The number of ether oxygens (including phenoxy) is 3. The predicted octanol–water partition coefficient (Wildman–Crippen LogP) is 6.93. The van der Waals surface area contributed by atoms with Gasteiger partial charge in [-0.3, -0.25) is 4.79 Å². The molecule has 0 unspecified atom stereocenters. The molecule has 0 aliphatic heterocycles. The lowest BCUT2D eigenvalue weighted by molar-refractivity contribution is -0.116. The summed E-state index contributed by atoms with van der Waals surface area (Å²) in [5.41, 5.74) is 5.72. The molecule has 1 amide bonds. The van der Waals surface area contributed by atoms with Crippen molar-refractivity contribution in [2.24, 2.45) is 0 Å². The Kier molecular flexibility index (Phi) is 8.36. The van der Waals surface area contributed by atoms with E-state index in [-0.39, 0.29) is 5.91 Å². The summed E-state index contributed by atoms with van der Waals surface area (Å²) in [5, 5.41) is 3.96. The first-order valence-electron chi connectivity index (χ1n) is 12.6. The van der Waals surface area contributed by atoms with Crippen LogP contribution in [0.3, 0.4) is 0 Å². The molecule has 6 heteroatoms. The minimum absolute atomic E-state index is 0.0984. The summed E-state index contributed by atoms with van der Waals surface area (Å²) < 4.78 is 22.7. The highest BCUT2D eigenvalue weighted by atomic mass is 16.5. The topological polar surface area (TPSA) is 69.9 Å². The molecule has 3 aromatic rings. The Morgan fingerprint density at radius 2 is 1.92 bits per heavy atom. The summed E-state index contributed by atoms with van der Waals surface area (Å²) in [5.74, 6) is 1.90. The second-order valence-electron chi connectivity index (χ2n) is 8.97. The van der Waals surface area contributed by atoms with Crippen molar-refractivity contribution in [2.45, 2.75) is 46.0 Å². The van der Waals surface area contributed by atoms with Crippen molar-refractivity contribution in [2.75, 3.05) is 27.4 Å². The number of allylic oxidation sites excluding steroid dienone is 2. The molecule has 1 aliphatic rings. The molecule has 36 heavy (non-hydrogen) atoms. The standard InChI is InChI=1S/C30H35NO5/c1-5-35-27-18-28-24(25(19-36-28)22-11-12-26(33-3)29(16-22)34-4)17-23(27)20(2)15-30(32)31-14-13-21-9-7-6-8-10-21/h9,11-12,15-19H,5-8,10,13-14H2,1-4H3,(H,31,32)/b20-15+. The van der Waals surface area contributed by atoms with Crippen LogP contribution in [0.25, 0.3) is 27.7 Å². The number of amides is 1. The van der Waals surface area contributed by atoms with Crippen LogP contribution in [0.1, 0.15) is 51.5 Å². The highest BCUT2D eigenvalue weighted by Gasteiger charge is 2.17. The molecular formula is C30H35NO5. The van der Waals surface area contributed by atoms with Crippen LogP contribution in [0.15, 0.2) is 58.7 Å². The summed E-state index contributed by atoms with van der Waals surface area (Å²) in [7, 11) is 3.23. The molecule has 1 aromatic heterocycles. The average molecular weight is 490 g/mol. The molecule has 0 spiro atoms. The van der Waals surface area contributed by atoms with Crippen LogP contribution in [0.5, 0.6) is 17.2 Å². The largest absolute Gasteiger partial charge is 0.493 e. The van der Waals surface area contributed by atoms with Crippen molar-refractivity contribution in [1.29, 1.82) is 0 Å². The maximum atomic E-state index is 12.7. The molecule has 1 N–H and O–H groups in total. The number of fused-ring (bicyclic) bond motifs is 1. The third-order valence-electron chi connectivity index (χ3n) is 6.57. The summed E-state index contributed by atoms with van der Waals surface area (Å²) in [6.07, 6.45) is 11.4. The normalized spacial score (nSPS) is 13.9. The van der Waals surface area contributed by atoms with Gasteiger partial charge in [0.05, 0.1) is 27.1 Å². The molecule has 0 saturated carbocycles. The molecule has 1 aliphatic carbocycles. The zero-order valence-electron chi connectivity index (χ0n) is 21.6. The number of hydrogen-bond donors (Lipinski definition) is 1. The molecule has 4 rings (SSSR count). The zero-order valence-corrected chi connectivity index (χ0v) is 21.6.